The summed E-state index contributed by atoms with van der Waals surface area (Å²) in [5, 5.41) is 4.24. The first-order chi connectivity index (χ1) is 16.4. The summed E-state index contributed by atoms with van der Waals surface area (Å²) in [6.45, 7) is 5.82. The molecule has 0 radical (unpaired) electrons. The Bertz CT molecular complexity index is 1390. The number of para-hydroxylation sites is 1. The lowest BCUT2D eigenvalue weighted by Gasteiger charge is -2.15. The molecule has 0 bridgehead atoms. The van der Waals surface area contributed by atoms with Crippen molar-refractivity contribution >= 4 is 39.1 Å². The highest BCUT2D eigenvalue weighted by molar-refractivity contribution is 7.16. The van der Waals surface area contributed by atoms with Crippen molar-refractivity contribution in [1.29, 1.82) is 0 Å². The van der Waals surface area contributed by atoms with E-state index in [1.165, 1.54) is 18.4 Å². The highest BCUT2D eigenvalue weighted by Crippen LogP contribution is 2.36. The number of carbonyl (C=O) groups is 2. The van der Waals surface area contributed by atoms with Crippen molar-refractivity contribution in [3.63, 3.8) is 0 Å². The molecule has 4 aromatic rings. The van der Waals surface area contributed by atoms with Crippen molar-refractivity contribution < 1.29 is 19.1 Å². The predicted molar refractivity (Wildman–Crippen MR) is 136 cm³/mol. The van der Waals surface area contributed by atoms with E-state index in [0.717, 1.165) is 38.4 Å². The van der Waals surface area contributed by atoms with E-state index in [0.29, 0.717) is 28.1 Å². The molecule has 2 heterocycles. The number of nitrogens with one attached hydrogen (secondary N) is 1. The monoisotopic (exact) mass is 474 g/mol. The van der Waals surface area contributed by atoms with Crippen LogP contribution in [0.4, 0.5) is 5.00 Å². The summed E-state index contributed by atoms with van der Waals surface area (Å²) in [5.74, 6) is 0.00180. The van der Waals surface area contributed by atoms with Gasteiger partial charge in [-0.25, -0.2) is 9.78 Å². The van der Waals surface area contributed by atoms with Gasteiger partial charge in [0.15, 0.2) is 0 Å². The van der Waals surface area contributed by atoms with Gasteiger partial charge in [0.2, 0.25) is 0 Å². The zero-order valence-corrected chi connectivity index (χ0v) is 20.6. The smallest absolute Gasteiger partial charge is 0.341 e. The van der Waals surface area contributed by atoms with Crippen LogP contribution in [0.15, 0.2) is 48.5 Å². The summed E-state index contributed by atoms with van der Waals surface area (Å²) in [4.78, 5) is 32.1. The maximum atomic E-state index is 13.7. The second-order valence-corrected chi connectivity index (χ2v) is 9.07. The minimum Gasteiger partial charge on any atom is -0.497 e. The van der Waals surface area contributed by atoms with E-state index in [2.05, 4.69) is 5.32 Å². The summed E-state index contributed by atoms with van der Waals surface area (Å²) in [5.41, 5.74) is 4.91. The molecule has 174 valence electrons. The van der Waals surface area contributed by atoms with Crippen molar-refractivity contribution in [2.75, 3.05) is 19.5 Å². The number of aryl methyl sites for hydroxylation is 1. The molecule has 0 aliphatic carbocycles. The topological polar surface area (TPSA) is 77.5 Å². The molecule has 7 heteroatoms. The van der Waals surface area contributed by atoms with Gasteiger partial charge in [0.25, 0.3) is 5.91 Å². The van der Waals surface area contributed by atoms with Crippen LogP contribution in [0.3, 0.4) is 0 Å². The van der Waals surface area contributed by atoms with E-state index in [-0.39, 0.29) is 5.91 Å². The van der Waals surface area contributed by atoms with E-state index >= 15 is 0 Å². The number of hydrogen-bond acceptors (Lipinski definition) is 6. The molecular weight excluding hydrogens is 448 g/mol. The number of nitrogens with zero attached hydrogens (tertiary/aromatic N) is 1. The van der Waals surface area contributed by atoms with Gasteiger partial charge in [0.05, 0.1) is 36.6 Å². The minimum absolute atomic E-state index is 0.292. The number of anilines is 1. The summed E-state index contributed by atoms with van der Waals surface area (Å²) >= 11 is 1.39. The third-order valence-electron chi connectivity index (χ3n) is 5.91. The van der Waals surface area contributed by atoms with Gasteiger partial charge in [-0.05, 0) is 61.7 Å². The lowest BCUT2D eigenvalue weighted by atomic mass is 9.97. The van der Waals surface area contributed by atoms with Crippen LogP contribution in [0.1, 0.15) is 43.6 Å². The molecule has 0 saturated carbocycles. The molecule has 4 rings (SSSR count). The number of aromatic nitrogens is 1. The van der Waals surface area contributed by atoms with E-state index in [1.54, 1.807) is 7.11 Å². The van der Waals surface area contributed by atoms with Crippen LogP contribution in [0.25, 0.3) is 22.2 Å². The zero-order valence-electron chi connectivity index (χ0n) is 19.8. The van der Waals surface area contributed by atoms with E-state index in [1.807, 2.05) is 69.3 Å². The molecule has 0 aliphatic heterocycles. The maximum absolute atomic E-state index is 13.7. The van der Waals surface area contributed by atoms with E-state index in [4.69, 9.17) is 14.5 Å². The van der Waals surface area contributed by atoms with Gasteiger partial charge in [0, 0.05) is 15.8 Å². The number of amides is 1. The van der Waals surface area contributed by atoms with Gasteiger partial charge >= 0.3 is 5.97 Å². The number of thiophene rings is 1. The number of fused-ring (bicyclic) bond motifs is 1. The number of rotatable bonds is 6. The van der Waals surface area contributed by atoms with Gasteiger partial charge < -0.3 is 14.8 Å². The fourth-order valence-electron chi connectivity index (χ4n) is 4.21. The maximum Gasteiger partial charge on any atom is 0.341 e. The van der Waals surface area contributed by atoms with Crippen molar-refractivity contribution in [2.45, 2.75) is 27.2 Å². The van der Waals surface area contributed by atoms with Crippen LogP contribution in [-0.4, -0.2) is 31.1 Å². The summed E-state index contributed by atoms with van der Waals surface area (Å²) in [6, 6.07) is 15.2. The molecule has 2 aromatic heterocycles. The SMILES string of the molecule is CCc1c(C)sc(NC(=O)c2c(C)c(-c3ccc(OC)cc3)nc3ccccc23)c1C(=O)OC. The summed E-state index contributed by atoms with van der Waals surface area (Å²) < 4.78 is 10.3. The van der Waals surface area contributed by atoms with Crippen LogP contribution in [0, 0.1) is 13.8 Å². The standard InChI is InChI=1S/C27H26N2O4S/c1-6-19-16(3)34-26(23(19)27(31)33-5)29-25(30)22-15(2)24(17-11-13-18(32-4)14-12-17)28-21-10-8-7-9-20(21)22/h7-14H,6H2,1-5H3,(H,29,30). The average molecular weight is 475 g/mol. The van der Waals surface area contributed by atoms with Crippen LogP contribution in [-0.2, 0) is 11.2 Å². The second kappa shape index (κ2) is 9.65. The Morgan fingerprint density at radius 3 is 2.35 bits per heavy atom. The second-order valence-electron chi connectivity index (χ2n) is 7.85. The first kappa shape index (κ1) is 23.4. The normalized spacial score (nSPS) is 10.9. The molecule has 34 heavy (non-hydrogen) atoms. The third-order valence-corrected chi connectivity index (χ3v) is 6.97. The van der Waals surface area contributed by atoms with Crippen molar-refractivity contribution in [3.8, 4) is 17.0 Å². The molecule has 0 atom stereocenters. The number of esters is 1. The molecule has 0 fully saturated rings. The molecule has 0 unspecified atom stereocenters. The van der Waals surface area contributed by atoms with Crippen molar-refractivity contribution in [2.24, 2.45) is 0 Å². The first-order valence-electron chi connectivity index (χ1n) is 10.9. The Balaban J connectivity index is 1.85. The molecule has 2 aromatic carbocycles. The Morgan fingerprint density at radius 2 is 1.71 bits per heavy atom. The lowest BCUT2D eigenvalue weighted by Crippen LogP contribution is -2.17. The molecule has 0 aliphatic rings. The van der Waals surface area contributed by atoms with Crippen LogP contribution in [0.2, 0.25) is 0 Å². The molecule has 0 spiro atoms. The van der Waals surface area contributed by atoms with Crippen LogP contribution < -0.4 is 10.1 Å². The van der Waals surface area contributed by atoms with Crippen molar-refractivity contribution in [3.05, 3.63) is 75.7 Å². The largest absolute Gasteiger partial charge is 0.497 e. The summed E-state index contributed by atoms with van der Waals surface area (Å²) in [7, 11) is 2.97. The van der Waals surface area contributed by atoms with Gasteiger partial charge in [-0.2, -0.15) is 0 Å². The number of pyridine rings is 1. The first-order valence-corrected chi connectivity index (χ1v) is 11.8. The average Bonchev–Trinajstić information content (AvgIpc) is 3.17. The predicted octanol–water partition coefficient (Wildman–Crippen LogP) is 6.19. The minimum atomic E-state index is -0.452. The Morgan fingerprint density at radius 1 is 1.00 bits per heavy atom. The fourth-order valence-corrected chi connectivity index (χ4v) is 5.33. The number of methoxy groups -OCH3 is 2. The molecule has 6 nitrogen and oxygen atoms in total. The molecule has 1 amide bonds. The Kier molecular flexibility index (Phi) is 6.65. The number of carbonyl (C=O) groups excluding carboxylic acids is 2. The van der Waals surface area contributed by atoms with Gasteiger partial charge in [-0.1, -0.05) is 25.1 Å². The van der Waals surface area contributed by atoms with Gasteiger partial charge in [0.1, 0.15) is 10.8 Å². The highest BCUT2D eigenvalue weighted by Gasteiger charge is 2.25. The quantitative estimate of drug-likeness (QED) is 0.337. The lowest BCUT2D eigenvalue weighted by molar-refractivity contribution is 0.0601. The molecular formula is C27H26N2O4S. The summed E-state index contributed by atoms with van der Waals surface area (Å²) in [6.07, 6.45) is 0.668. The molecule has 0 saturated heterocycles. The van der Waals surface area contributed by atoms with Crippen molar-refractivity contribution in [1.82, 2.24) is 4.98 Å². The Labute approximate surface area is 202 Å². The third kappa shape index (κ3) is 4.15. The van der Waals surface area contributed by atoms with Crippen LogP contribution in [0.5, 0.6) is 5.75 Å². The number of ether oxygens (including phenoxy) is 2. The molecule has 1 N–H and O–H groups in total. The van der Waals surface area contributed by atoms with E-state index < -0.39 is 5.97 Å². The Hall–Kier alpha value is -3.71. The van der Waals surface area contributed by atoms with Gasteiger partial charge in [-0.15, -0.1) is 11.3 Å². The van der Waals surface area contributed by atoms with E-state index in [9.17, 15) is 9.59 Å². The highest BCUT2D eigenvalue weighted by atomic mass is 32.1. The van der Waals surface area contributed by atoms with Gasteiger partial charge in [-0.3, -0.25) is 4.79 Å². The number of benzene rings is 2. The fraction of sp³-hybridized carbons (Fsp3) is 0.222. The van der Waals surface area contributed by atoms with Crippen LogP contribution >= 0.6 is 11.3 Å². The zero-order chi connectivity index (χ0) is 24.4. The number of hydrogen-bond donors (Lipinski definition) is 1.